The molecule has 0 saturated heterocycles. The Morgan fingerprint density at radius 1 is 0.692 bits per heavy atom. The summed E-state index contributed by atoms with van der Waals surface area (Å²) < 4.78 is 104. The first-order valence-electron chi connectivity index (χ1n) is 13.9. The molecule has 39 heavy (non-hydrogen) atoms. The minimum Gasteiger partial charge on any atom is -0.377 e. The van der Waals surface area contributed by atoms with Crippen molar-refractivity contribution in [2.75, 3.05) is 6.26 Å². The molecule has 222 valence electrons. The number of benzene rings is 1. The molecule has 1 aromatic rings. The second-order valence-electron chi connectivity index (χ2n) is 11.4. The van der Waals surface area contributed by atoms with Gasteiger partial charge in [-0.15, -0.1) is 4.13 Å². The molecular formula is C26H39F2NO7S3. The zero-order valence-electron chi connectivity index (χ0n) is 22.3. The number of alkyl halides is 2. The van der Waals surface area contributed by atoms with Gasteiger partial charge >= 0.3 is 24.7 Å². The van der Waals surface area contributed by atoms with Gasteiger partial charge < -0.3 is 4.18 Å². The molecule has 3 saturated carbocycles. The molecule has 3 aliphatic rings. The Morgan fingerprint density at radius 3 is 1.46 bits per heavy atom. The van der Waals surface area contributed by atoms with Crippen LogP contribution in [0.5, 0.6) is 5.75 Å². The van der Waals surface area contributed by atoms with Crippen molar-refractivity contribution in [2.24, 2.45) is 0 Å². The van der Waals surface area contributed by atoms with Crippen LogP contribution in [0.2, 0.25) is 0 Å². The quantitative estimate of drug-likeness (QED) is 0.341. The van der Waals surface area contributed by atoms with Crippen LogP contribution in [0.4, 0.5) is 8.78 Å². The zero-order valence-corrected chi connectivity index (χ0v) is 24.8. The average Bonchev–Trinajstić information content (AvgIpc) is 2.88. The lowest BCUT2D eigenvalue weighted by molar-refractivity contribution is 0.166. The largest absolute Gasteiger partial charge is 0.496 e. The van der Waals surface area contributed by atoms with Crippen LogP contribution >= 0.6 is 0 Å². The summed E-state index contributed by atoms with van der Waals surface area (Å²) in [5.74, 6) is -0.110. The predicted molar refractivity (Wildman–Crippen MR) is 145 cm³/mol. The molecule has 3 aliphatic carbocycles. The maximum Gasteiger partial charge on any atom is 0.496 e. The molecule has 8 nitrogen and oxygen atoms in total. The van der Waals surface area contributed by atoms with E-state index >= 15 is 8.78 Å². The molecular weight excluding hydrogens is 572 g/mol. The first kappa shape index (κ1) is 30.6. The summed E-state index contributed by atoms with van der Waals surface area (Å²) in [6, 6.07) is 3.81. The van der Waals surface area contributed by atoms with Gasteiger partial charge in [0, 0.05) is 0 Å². The van der Waals surface area contributed by atoms with Crippen LogP contribution < -0.4 is 8.31 Å². The van der Waals surface area contributed by atoms with Crippen molar-refractivity contribution >= 4 is 30.2 Å². The summed E-state index contributed by atoms with van der Waals surface area (Å²) in [6.45, 7) is 0. The molecule has 4 rings (SSSR count). The average molecular weight is 612 g/mol. The highest BCUT2D eigenvalue weighted by atomic mass is 32.3. The molecule has 1 N–H and O–H groups in total. The monoisotopic (exact) mass is 611 g/mol. The van der Waals surface area contributed by atoms with E-state index in [1.807, 2.05) is 12.1 Å². The molecule has 0 unspecified atom stereocenters. The van der Waals surface area contributed by atoms with E-state index in [0.29, 0.717) is 17.4 Å². The van der Waals surface area contributed by atoms with E-state index in [1.165, 1.54) is 0 Å². The minimum atomic E-state index is -6.18. The van der Waals surface area contributed by atoms with Crippen molar-refractivity contribution < 1.29 is 38.2 Å². The summed E-state index contributed by atoms with van der Waals surface area (Å²) in [5, 5.41) is 0. The maximum absolute atomic E-state index is 15.1. The van der Waals surface area contributed by atoms with Crippen molar-refractivity contribution in [1.82, 2.24) is 4.13 Å². The topological polar surface area (TPSA) is 124 Å². The van der Waals surface area contributed by atoms with Gasteiger partial charge in [0.05, 0.1) is 6.26 Å². The van der Waals surface area contributed by atoms with Crippen LogP contribution in [0.1, 0.15) is 131 Å². The van der Waals surface area contributed by atoms with Crippen LogP contribution in [0, 0.1) is 0 Å². The lowest BCUT2D eigenvalue weighted by atomic mass is 9.75. The van der Waals surface area contributed by atoms with Gasteiger partial charge in [-0.2, -0.15) is 17.2 Å². The highest BCUT2D eigenvalue weighted by Gasteiger charge is 2.61. The third kappa shape index (κ3) is 6.95. The highest BCUT2D eigenvalue weighted by Crippen LogP contribution is 2.48. The van der Waals surface area contributed by atoms with E-state index in [9.17, 15) is 25.3 Å². The van der Waals surface area contributed by atoms with Gasteiger partial charge in [0.15, 0.2) is 0 Å². The number of sulfonamides is 2. The van der Waals surface area contributed by atoms with Crippen molar-refractivity contribution in [2.45, 2.75) is 119 Å². The first-order chi connectivity index (χ1) is 18.2. The maximum atomic E-state index is 15.1. The number of hydrogen-bond acceptors (Lipinski definition) is 7. The van der Waals surface area contributed by atoms with E-state index in [-0.39, 0.29) is 23.5 Å². The van der Waals surface area contributed by atoms with Crippen LogP contribution in [-0.2, 0) is 30.2 Å². The number of hydrogen-bond donors (Lipinski definition) is 1. The lowest BCUT2D eigenvalue weighted by Gasteiger charge is -2.32. The molecule has 1 aromatic carbocycles. The number of rotatable bonds is 9. The molecule has 0 aliphatic heterocycles. The zero-order chi connectivity index (χ0) is 28.5. The van der Waals surface area contributed by atoms with Gasteiger partial charge in [0.1, 0.15) is 5.75 Å². The van der Waals surface area contributed by atoms with Crippen LogP contribution in [0.3, 0.4) is 0 Å². The molecule has 0 aromatic heterocycles. The van der Waals surface area contributed by atoms with E-state index in [1.54, 1.807) is 0 Å². The summed E-state index contributed by atoms with van der Waals surface area (Å²) >= 11 is 0. The van der Waals surface area contributed by atoms with Gasteiger partial charge in [-0.1, -0.05) is 69.9 Å². The first-order valence-corrected chi connectivity index (χ1v) is 18.7. The smallest absolute Gasteiger partial charge is 0.377 e. The highest BCUT2D eigenvalue weighted by molar-refractivity contribution is 8.12. The van der Waals surface area contributed by atoms with Gasteiger partial charge in [-0.3, -0.25) is 0 Å². The Bertz CT molecular complexity index is 1300. The van der Waals surface area contributed by atoms with Crippen LogP contribution in [0.25, 0.3) is 0 Å². The van der Waals surface area contributed by atoms with E-state index < -0.39 is 34.8 Å². The van der Waals surface area contributed by atoms with E-state index in [0.717, 1.165) is 106 Å². The normalized spacial score (nSPS) is 21.6. The SMILES string of the molecule is CS(=O)(=O)NS(=O)(=O)C(F)(F)S(=O)(=O)Oc1c(C2CCCCC2)cc(C2CCCCC2)cc1C1CCCCC1. The Kier molecular flexibility index (Phi) is 9.34. The Balaban J connectivity index is 1.85. The van der Waals surface area contributed by atoms with Crippen molar-refractivity contribution in [1.29, 1.82) is 0 Å². The molecule has 0 amide bonds. The Morgan fingerprint density at radius 2 is 1.08 bits per heavy atom. The summed E-state index contributed by atoms with van der Waals surface area (Å²) in [7, 11) is -17.0. The van der Waals surface area contributed by atoms with Crippen molar-refractivity contribution in [3.63, 3.8) is 0 Å². The predicted octanol–water partition coefficient (Wildman–Crippen LogP) is 5.97. The van der Waals surface area contributed by atoms with Crippen molar-refractivity contribution in [3.05, 3.63) is 28.8 Å². The second kappa shape index (κ2) is 11.9. The molecule has 0 bridgehead atoms. The van der Waals surface area contributed by atoms with Gasteiger partial charge in [0.25, 0.3) is 0 Å². The fourth-order valence-corrected chi connectivity index (χ4v) is 10.4. The van der Waals surface area contributed by atoms with Gasteiger partial charge in [0.2, 0.25) is 10.0 Å². The Labute approximate surface area is 231 Å². The standard InChI is InChI=1S/C26H39F2NO7S3/c1-37(30,31)29-38(32,33)26(27,28)39(34,35)36-25-23(20-13-7-3-8-14-20)17-22(19-11-5-2-6-12-19)18-24(25)21-15-9-4-10-16-21/h17-21,29H,2-16H2,1H3. The van der Waals surface area contributed by atoms with E-state index in [2.05, 4.69) is 0 Å². The minimum absolute atomic E-state index is 0.103. The van der Waals surface area contributed by atoms with E-state index in [4.69, 9.17) is 4.18 Å². The molecule has 0 heterocycles. The summed E-state index contributed by atoms with van der Waals surface area (Å²) in [4.78, 5) is 0. The Hall–Kier alpha value is -1.31. The fourth-order valence-electron chi connectivity index (χ4n) is 6.44. The van der Waals surface area contributed by atoms with Gasteiger partial charge in [-0.05, 0) is 73.0 Å². The molecule has 0 radical (unpaired) electrons. The van der Waals surface area contributed by atoms with Gasteiger partial charge in [-0.25, -0.2) is 16.8 Å². The summed E-state index contributed by atoms with van der Waals surface area (Å²) in [5.41, 5.74) is 2.16. The van der Waals surface area contributed by atoms with Crippen LogP contribution in [0.15, 0.2) is 12.1 Å². The second-order valence-corrected chi connectivity index (χ2v) is 17.0. The number of halogens is 2. The van der Waals surface area contributed by atoms with Crippen molar-refractivity contribution in [3.8, 4) is 5.75 Å². The third-order valence-corrected chi connectivity index (χ3v) is 13.3. The molecule has 3 fully saturated rings. The van der Waals surface area contributed by atoms with Crippen LogP contribution in [-0.4, -0.2) is 36.1 Å². The third-order valence-electron chi connectivity index (χ3n) is 8.39. The molecule has 13 heteroatoms. The fraction of sp³-hybridized carbons (Fsp3) is 0.769. The lowest BCUT2D eigenvalue weighted by Crippen LogP contribution is -2.48. The number of nitrogens with one attached hydrogen (secondary N) is 1. The summed E-state index contributed by atoms with van der Waals surface area (Å²) in [6.07, 6.45) is 14.4. The molecule has 0 spiro atoms. The molecule has 0 atom stereocenters.